The normalized spacial score (nSPS) is 16.4. The summed E-state index contributed by atoms with van der Waals surface area (Å²) in [5.41, 5.74) is 0.382. The molecule has 0 saturated heterocycles. The molecule has 1 unspecified atom stereocenters. The average molecular weight is 288 g/mol. The first kappa shape index (κ1) is 13.7. The van der Waals surface area contributed by atoms with E-state index in [0.29, 0.717) is 27.9 Å². The van der Waals surface area contributed by atoms with Crippen LogP contribution in [0.25, 0.3) is 0 Å². The quantitative estimate of drug-likeness (QED) is 0.875. The lowest BCUT2D eigenvalue weighted by atomic mass is 10.1. The minimum absolute atomic E-state index is 0.0255. The zero-order valence-electron chi connectivity index (χ0n) is 9.83. The average Bonchev–Trinajstić information content (AvgIpc) is 3.15. The second kappa shape index (κ2) is 5.91. The monoisotopic (exact) mass is 287 g/mol. The largest absolute Gasteiger partial charge is 0.396 e. The van der Waals surface area contributed by atoms with Crippen molar-refractivity contribution in [3.63, 3.8) is 0 Å². The highest BCUT2D eigenvalue weighted by atomic mass is 35.5. The number of benzene rings is 1. The molecule has 0 bridgehead atoms. The van der Waals surface area contributed by atoms with Crippen LogP contribution >= 0.6 is 23.2 Å². The Morgan fingerprint density at radius 2 is 2.17 bits per heavy atom. The van der Waals surface area contributed by atoms with Crippen molar-refractivity contribution in [2.24, 2.45) is 5.92 Å². The van der Waals surface area contributed by atoms with Gasteiger partial charge < -0.3 is 10.4 Å². The van der Waals surface area contributed by atoms with E-state index in [1.807, 2.05) is 0 Å². The van der Waals surface area contributed by atoms with Gasteiger partial charge in [0, 0.05) is 17.7 Å². The fourth-order valence-corrected chi connectivity index (χ4v) is 2.36. The maximum Gasteiger partial charge on any atom is 0.253 e. The summed E-state index contributed by atoms with van der Waals surface area (Å²) in [7, 11) is 0. The summed E-state index contributed by atoms with van der Waals surface area (Å²) in [6.45, 7) is 0.0741. The van der Waals surface area contributed by atoms with Crippen LogP contribution in [0.2, 0.25) is 10.0 Å². The highest BCUT2D eigenvalue weighted by molar-refractivity contribution is 6.35. The Morgan fingerprint density at radius 1 is 1.44 bits per heavy atom. The van der Waals surface area contributed by atoms with E-state index in [2.05, 4.69) is 5.32 Å². The Labute approximate surface area is 116 Å². The van der Waals surface area contributed by atoms with Gasteiger partial charge in [-0.2, -0.15) is 0 Å². The molecule has 2 rings (SSSR count). The van der Waals surface area contributed by atoms with E-state index in [9.17, 15) is 4.79 Å². The third-order valence-corrected chi connectivity index (χ3v) is 3.69. The van der Waals surface area contributed by atoms with E-state index in [4.69, 9.17) is 28.3 Å². The molecule has 5 heteroatoms. The van der Waals surface area contributed by atoms with Gasteiger partial charge in [-0.25, -0.2) is 0 Å². The molecule has 1 aliphatic carbocycles. The molecular weight excluding hydrogens is 273 g/mol. The van der Waals surface area contributed by atoms with Crippen molar-refractivity contribution >= 4 is 29.1 Å². The van der Waals surface area contributed by atoms with Gasteiger partial charge in [0.25, 0.3) is 5.91 Å². The molecule has 0 spiro atoms. The van der Waals surface area contributed by atoms with Crippen LogP contribution in [0.1, 0.15) is 29.6 Å². The summed E-state index contributed by atoms with van der Waals surface area (Å²) in [6, 6.07) is 4.84. The lowest BCUT2D eigenvalue weighted by Crippen LogP contribution is -2.37. The molecule has 0 heterocycles. The van der Waals surface area contributed by atoms with Crippen LogP contribution in [0.5, 0.6) is 0 Å². The molecule has 2 N–H and O–H groups in total. The lowest BCUT2D eigenvalue weighted by Gasteiger charge is -2.17. The molecular formula is C13H15Cl2NO2. The van der Waals surface area contributed by atoms with Crippen molar-refractivity contribution in [3.8, 4) is 0 Å². The molecule has 1 aromatic carbocycles. The Hall–Kier alpha value is -0.770. The van der Waals surface area contributed by atoms with E-state index >= 15 is 0 Å². The fraction of sp³-hybridized carbons (Fsp3) is 0.462. The topological polar surface area (TPSA) is 49.3 Å². The first-order chi connectivity index (χ1) is 8.61. The second-order valence-electron chi connectivity index (χ2n) is 4.55. The van der Waals surface area contributed by atoms with Gasteiger partial charge in [0.2, 0.25) is 0 Å². The summed E-state index contributed by atoms with van der Waals surface area (Å²) in [5, 5.41) is 12.8. The van der Waals surface area contributed by atoms with Crippen molar-refractivity contribution in [1.82, 2.24) is 5.32 Å². The van der Waals surface area contributed by atoms with Gasteiger partial charge in [-0.3, -0.25) is 4.79 Å². The molecule has 98 valence electrons. The number of aliphatic hydroxyl groups excluding tert-OH is 1. The zero-order chi connectivity index (χ0) is 13.1. The van der Waals surface area contributed by atoms with Crippen molar-refractivity contribution < 1.29 is 9.90 Å². The maximum atomic E-state index is 12.1. The number of halogens is 2. The van der Waals surface area contributed by atoms with Gasteiger partial charge in [0.05, 0.1) is 10.6 Å². The van der Waals surface area contributed by atoms with Gasteiger partial charge >= 0.3 is 0 Å². The third-order valence-electron chi connectivity index (χ3n) is 3.12. The molecule has 0 radical (unpaired) electrons. The summed E-state index contributed by atoms with van der Waals surface area (Å²) in [5.74, 6) is 0.256. The summed E-state index contributed by atoms with van der Waals surface area (Å²) < 4.78 is 0. The number of hydrogen-bond donors (Lipinski definition) is 2. The minimum atomic E-state index is -0.229. The molecule has 1 aliphatic rings. The van der Waals surface area contributed by atoms with Crippen molar-refractivity contribution in [2.75, 3.05) is 6.61 Å². The van der Waals surface area contributed by atoms with Crippen molar-refractivity contribution in [1.29, 1.82) is 0 Å². The van der Waals surface area contributed by atoms with E-state index in [0.717, 1.165) is 12.8 Å². The summed E-state index contributed by atoms with van der Waals surface area (Å²) >= 11 is 11.8. The second-order valence-corrected chi connectivity index (χ2v) is 5.40. The number of rotatable bonds is 5. The highest BCUT2D eigenvalue weighted by Gasteiger charge is 2.32. The number of carbonyl (C=O) groups is 1. The molecule has 1 aromatic rings. The predicted molar refractivity (Wildman–Crippen MR) is 72.1 cm³/mol. The van der Waals surface area contributed by atoms with Gasteiger partial charge in [-0.15, -0.1) is 0 Å². The van der Waals surface area contributed by atoms with Crippen LogP contribution in [0, 0.1) is 5.92 Å². The zero-order valence-corrected chi connectivity index (χ0v) is 11.3. The number of carbonyl (C=O) groups excluding carboxylic acids is 1. The van der Waals surface area contributed by atoms with Crippen LogP contribution < -0.4 is 5.32 Å². The number of nitrogens with one attached hydrogen (secondary N) is 1. The maximum absolute atomic E-state index is 12.1. The molecule has 1 amide bonds. The Morgan fingerprint density at radius 3 is 2.78 bits per heavy atom. The van der Waals surface area contributed by atoms with E-state index in [1.54, 1.807) is 18.2 Å². The van der Waals surface area contributed by atoms with Gasteiger partial charge in [-0.1, -0.05) is 23.2 Å². The van der Waals surface area contributed by atoms with Gasteiger partial charge in [-0.05, 0) is 43.4 Å². The van der Waals surface area contributed by atoms with E-state index in [1.165, 1.54) is 0 Å². The Kier molecular flexibility index (Phi) is 4.49. The van der Waals surface area contributed by atoms with E-state index in [-0.39, 0.29) is 18.6 Å². The minimum Gasteiger partial charge on any atom is -0.396 e. The van der Waals surface area contributed by atoms with Crippen LogP contribution in [0.3, 0.4) is 0 Å². The predicted octanol–water partition coefficient (Wildman–Crippen LogP) is 2.88. The third kappa shape index (κ3) is 3.37. The van der Waals surface area contributed by atoms with Crippen LogP contribution in [-0.4, -0.2) is 23.7 Å². The van der Waals surface area contributed by atoms with Gasteiger partial charge in [0.15, 0.2) is 0 Å². The number of hydrogen-bond acceptors (Lipinski definition) is 2. The first-order valence-corrected chi connectivity index (χ1v) is 6.74. The molecule has 18 heavy (non-hydrogen) atoms. The lowest BCUT2D eigenvalue weighted by molar-refractivity contribution is 0.0924. The van der Waals surface area contributed by atoms with Crippen LogP contribution in [0.4, 0.5) is 0 Å². The molecule has 1 saturated carbocycles. The smallest absolute Gasteiger partial charge is 0.253 e. The van der Waals surface area contributed by atoms with E-state index < -0.39 is 0 Å². The van der Waals surface area contributed by atoms with Crippen molar-refractivity contribution in [3.05, 3.63) is 33.8 Å². The van der Waals surface area contributed by atoms with Crippen molar-refractivity contribution in [2.45, 2.75) is 25.3 Å². The first-order valence-electron chi connectivity index (χ1n) is 5.98. The molecule has 1 atom stereocenters. The molecule has 0 aliphatic heterocycles. The SMILES string of the molecule is O=C(NC(CCO)C1CC1)c1cc(Cl)ccc1Cl. The van der Waals surface area contributed by atoms with Gasteiger partial charge in [0.1, 0.15) is 0 Å². The van der Waals surface area contributed by atoms with Crippen LogP contribution in [0.15, 0.2) is 18.2 Å². The standard InChI is InChI=1S/C13H15Cl2NO2/c14-9-3-4-11(15)10(7-9)13(18)16-12(5-6-17)8-1-2-8/h3-4,7-8,12,17H,1-2,5-6H2,(H,16,18). The fourth-order valence-electron chi connectivity index (χ4n) is 1.98. The molecule has 0 aromatic heterocycles. The van der Waals surface area contributed by atoms with Crippen LogP contribution in [-0.2, 0) is 0 Å². The number of amides is 1. The highest BCUT2D eigenvalue weighted by Crippen LogP contribution is 2.34. The summed E-state index contributed by atoms with van der Waals surface area (Å²) in [4.78, 5) is 12.1. The Balaban J connectivity index is 2.07. The molecule has 3 nitrogen and oxygen atoms in total. The Bertz CT molecular complexity index is 447. The number of aliphatic hydroxyl groups is 1. The molecule has 1 fully saturated rings. The summed E-state index contributed by atoms with van der Waals surface area (Å²) in [6.07, 6.45) is 2.79.